The van der Waals surface area contributed by atoms with E-state index in [2.05, 4.69) is 10.2 Å². The van der Waals surface area contributed by atoms with Crippen molar-refractivity contribution in [3.8, 4) is 0 Å². The van der Waals surface area contributed by atoms with Gasteiger partial charge < -0.3 is 10.2 Å². The van der Waals surface area contributed by atoms with Gasteiger partial charge in [0.2, 0.25) is 0 Å². The first kappa shape index (κ1) is 14.7. The fraction of sp³-hybridized carbons (Fsp3) is 0.571. The second kappa shape index (κ2) is 6.65. The molecule has 1 saturated heterocycles. The van der Waals surface area contributed by atoms with E-state index < -0.39 is 10.7 Å². The number of anilines is 1. The quantitative estimate of drug-likeness (QED) is 0.665. The lowest BCUT2D eigenvalue weighted by Crippen LogP contribution is -2.38. The molecule has 110 valence electrons. The Morgan fingerprint density at radius 2 is 2.10 bits per heavy atom. The van der Waals surface area contributed by atoms with E-state index in [4.69, 9.17) is 0 Å². The van der Waals surface area contributed by atoms with Crippen LogP contribution in [0.2, 0.25) is 0 Å². The van der Waals surface area contributed by atoms with Crippen molar-refractivity contribution < 1.29 is 9.31 Å². The first-order valence-corrected chi connectivity index (χ1v) is 6.99. The summed E-state index contributed by atoms with van der Waals surface area (Å²) in [5, 5.41) is 14.0. The molecule has 1 fully saturated rings. The Hall–Kier alpha value is -1.69. The number of nitro benzene ring substituents is 1. The van der Waals surface area contributed by atoms with Crippen molar-refractivity contribution in [1.82, 2.24) is 4.90 Å². The minimum Gasteiger partial charge on any atom is -0.376 e. The lowest BCUT2D eigenvalue weighted by atomic mass is 10.1. The van der Waals surface area contributed by atoms with Gasteiger partial charge in [-0.25, -0.2) is 4.39 Å². The Morgan fingerprint density at radius 1 is 1.40 bits per heavy atom. The lowest BCUT2D eigenvalue weighted by molar-refractivity contribution is -0.384. The number of nitro groups is 1. The average Bonchev–Trinajstić information content (AvgIpc) is 2.39. The van der Waals surface area contributed by atoms with Gasteiger partial charge >= 0.3 is 0 Å². The molecule has 0 bridgehead atoms. The van der Waals surface area contributed by atoms with E-state index in [0.29, 0.717) is 0 Å². The van der Waals surface area contributed by atoms with Crippen molar-refractivity contribution in [1.29, 1.82) is 0 Å². The van der Waals surface area contributed by atoms with Crippen LogP contribution < -0.4 is 5.32 Å². The lowest BCUT2D eigenvalue weighted by Gasteiger charge is -2.29. The standard InChI is InChI=1S/C14H20FN3O2/c1-11(10-17-7-3-2-4-8-17)16-13-9-12(15)5-6-14(13)18(19)20/h5-6,9,11,16H,2-4,7-8,10H2,1H3. The van der Waals surface area contributed by atoms with Crippen LogP contribution in [0.1, 0.15) is 26.2 Å². The number of piperidine rings is 1. The largest absolute Gasteiger partial charge is 0.376 e. The van der Waals surface area contributed by atoms with E-state index in [1.165, 1.54) is 31.4 Å². The molecule has 5 nitrogen and oxygen atoms in total. The number of likely N-dealkylation sites (tertiary alicyclic amines) is 1. The second-order valence-electron chi connectivity index (χ2n) is 5.33. The summed E-state index contributed by atoms with van der Waals surface area (Å²) in [6.07, 6.45) is 3.67. The van der Waals surface area contributed by atoms with Gasteiger partial charge in [-0.2, -0.15) is 0 Å². The van der Waals surface area contributed by atoms with Gasteiger partial charge in [-0.1, -0.05) is 6.42 Å². The van der Waals surface area contributed by atoms with Gasteiger partial charge in [-0.3, -0.25) is 10.1 Å². The van der Waals surface area contributed by atoms with Gasteiger partial charge in [0.25, 0.3) is 5.69 Å². The second-order valence-corrected chi connectivity index (χ2v) is 5.33. The summed E-state index contributed by atoms with van der Waals surface area (Å²) in [5.41, 5.74) is 0.163. The summed E-state index contributed by atoms with van der Waals surface area (Å²) in [5.74, 6) is -0.469. The molecular formula is C14H20FN3O2. The molecule has 2 rings (SSSR count). The molecule has 0 amide bonds. The first-order valence-electron chi connectivity index (χ1n) is 6.99. The number of nitrogens with one attached hydrogen (secondary N) is 1. The Labute approximate surface area is 117 Å². The molecule has 1 unspecified atom stereocenters. The summed E-state index contributed by atoms with van der Waals surface area (Å²) in [4.78, 5) is 12.8. The Kier molecular flexibility index (Phi) is 4.89. The van der Waals surface area contributed by atoms with Crippen molar-refractivity contribution in [2.75, 3.05) is 25.0 Å². The molecule has 1 atom stereocenters. The van der Waals surface area contributed by atoms with E-state index in [0.717, 1.165) is 25.7 Å². The number of rotatable bonds is 5. The van der Waals surface area contributed by atoms with Gasteiger partial charge in [0.05, 0.1) is 4.92 Å². The summed E-state index contributed by atoms with van der Waals surface area (Å²) >= 11 is 0. The SMILES string of the molecule is CC(CN1CCCCC1)Nc1cc(F)ccc1[N+](=O)[O-]. The van der Waals surface area contributed by atoms with Crippen LogP contribution >= 0.6 is 0 Å². The van der Waals surface area contributed by atoms with Crippen molar-refractivity contribution in [3.63, 3.8) is 0 Å². The molecule has 1 aromatic rings. The molecule has 20 heavy (non-hydrogen) atoms. The molecule has 0 radical (unpaired) electrons. The van der Waals surface area contributed by atoms with E-state index in [1.54, 1.807) is 0 Å². The van der Waals surface area contributed by atoms with Crippen LogP contribution in [0.25, 0.3) is 0 Å². The number of hydrogen-bond acceptors (Lipinski definition) is 4. The van der Waals surface area contributed by atoms with Crippen molar-refractivity contribution in [2.45, 2.75) is 32.2 Å². The molecule has 1 aliphatic rings. The van der Waals surface area contributed by atoms with Crippen molar-refractivity contribution in [3.05, 3.63) is 34.1 Å². The Morgan fingerprint density at radius 3 is 2.75 bits per heavy atom. The number of nitrogens with zero attached hydrogens (tertiary/aromatic N) is 2. The van der Waals surface area contributed by atoms with Gasteiger partial charge in [0.15, 0.2) is 0 Å². The highest BCUT2D eigenvalue weighted by molar-refractivity contribution is 5.61. The maximum Gasteiger partial charge on any atom is 0.292 e. The molecule has 1 aromatic carbocycles. The predicted octanol–water partition coefficient (Wildman–Crippen LogP) is 3.02. The van der Waals surface area contributed by atoms with E-state index >= 15 is 0 Å². The fourth-order valence-corrected chi connectivity index (χ4v) is 2.62. The van der Waals surface area contributed by atoms with E-state index in [-0.39, 0.29) is 17.4 Å². The first-order chi connectivity index (χ1) is 9.56. The molecule has 0 saturated carbocycles. The van der Waals surface area contributed by atoms with E-state index in [9.17, 15) is 14.5 Å². The topological polar surface area (TPSA) is 58.4 Å². The third-order valence-corrected chi connectivity index (χ3v) is 3.54. The smallest absolute Gasteiger partial charge is 0.292 e. The summed E-state index contributed by atoms with van der Waals surface area (Å²) in [6.45, 7) is 4.91. The van der Waals surface area contributed by atoms with Crippen LogP contribution in [0, 0.1) is 15.9 Å². The predicted molar refractivity (Wildman–Crippen MR) is 76.4 cm³/mol. The normalized spacial score (nSPS) is 17.7. The maximum absolute atomic E-state index is 13.2. The summed E-state index contributed by atoms with van der Waals surface area (Å²) < 4.78 is 13.2. The Balaban J connectivity index is 2.00. The van der Waals surface area contributed by atoms with Gasteiger partial charge in [-0.05, 0) is 38.9 Å². The number of hydrogen-bond donors (Lipinski definition) is 1. The molecule has 0 aromatic heterocycles. The number of benzene rings is 1. The zero-order valence-corrected chi connectivity index (χ0v) is 11.6. The van der Waals surface area contributed by atoms with Crippen molar-refractivity contribution in [2.24, 2.45) is 0 Å². The van der Waals surface area contributed by atoms with Gasteiger partial charge in [0, 0.05) is 24.7 Å². The monoisotopic (exact) mass is 281 g/mol. The molecule has 0 spiro atoms. The van der Waals surface area contributed by atoms with Crippen molar-refractivity contribution >= 4 is 11.4 Å². The minimum atomic E-state index is -0.491. The third-order valence-electron chi connectivity index (χ3n) is 3.54. The van der Waals surface area contributed by atoms with Crippen LogP contribution in [0.3, 0.4) is 0 Å². The van der Waals surface area contributed by atoms with Gasteiger partial charge in [0.1, 0.15) is 11.5 Å². The molecule has 1 heterocycles. The molecular weight excluding hydrogens is 261 g/mol. The summed E-state index contributed by atoms with van der Waals surface area (Å²) in [6, 6.07) is 3.53. The van der Waals surface area contributed by atoms with E-state index in [1.807, 2.05) is 6.92 Å². The van der Waals surface area contributed by atoms with Crippen LogP contribution in [-0.4, -0.2) is 35.5 Å². The third kappa shape index (κ3) is 3.90. The zero-order valence-electron chi connectivity index (χ0n) is 11.6. The van der Waals surface area contributed by atoms with Gasteiger partial charge in [-0.15, -0.1) is 0 Å². The fourth-order valence-electron chi connectivity index (χ4n) is 2.62. The Bertz CT molecular complexity index is 475. The highest BCUT2D eigenvalue weighted by atomic mass is 19.1. The highest BCUT2D eigenvalue weighted by Crippen LogP contribution is 2.25. The molecule has 0 aliphatic carbocycles. The minimum absolute atomic E-state index is 0.0357. The zero-order chi connectivity index (χ0) is 14.5. The maximum atomic E-state index is 13.2. The molecule has 6 heteroatoms. The van der Waals surface area contributed by atoms with Crippen LogP contribution in [0.15, 0.2) is 18.2 Å². The number of halogens is 1. The highest BCUT2D eigenvalue weighted by Gasteiger charge is 2.18. The van der Waals surface area contributed by atoms with Crippen LogP contribution in [0.5, 0.6) is 0 Å². The summed E-state index contributed by atoms with van der Waals surface area (Å²) in [7, 11) is 0. The molecule has 1 aliphatic heterocycles. The van der Waals surface area contributed by atoms with Crippen LogP contribution in [0.4, 0.5) is 15.8 Å². The average molecular weight is 281 g/mol. The molecule has 1 N–H and O–H groups in total. The van der Waals surface area contributed by atoms with Crippen LogP contribution in [-0.2, 0) is 0 Å².